The second kappa shape index (κ2) is 9.27. The molecule has 0 saturated carbocycles. The molecule has 0 radical (unpaired) electrons. The van der Waals surface area contributed by atoms with Crippen molar-refractivity contribution >= 4 is 43.6 Å². The first kappa shape index (κ1) is 16.4. The van der Waals surface area contributed by atoms with Crippen LogP contribution < -0.4 is 4.74 Å². The molecule has 1 rings (SSSR count). The maximum atomic E-state index is 5.79. The first-order chi connectivity index (χ1) is 8.65. The van der Waals surface area contributed by atoms with Gasteiger partial charge in [-0.05, 0) is 61.5 Å². The van der Waals surface area contributed by atoms with Crippen LogP contribution in [0, 0.1) is 13.8 Å². The van der Waals surface area contributed by atoms with Gasteiger partial charge in [0.25, 0.3) is 0 Å². The van der Waals surface area contributed by atoms with Gasteiger partial charge in [0.05, 0.1) is 6.61 Å². The highest BCUT2D eigenvalue weighted by Crippen LogP contribution is 2.26. The maximum absolute atomic E-state index is 5.79. The van der Waals surface area contributed by atoms with Gasteiger partial charge in [0.2, 0.25) is 0 Å². The molecule has 0 atom stereocenters. The Hall–Kier alpha value is 0.330. The zero-order valence-electron chi connectivity index (χ0n) is 11.0. The van der Waals surface area contributed by atoms with E-state index in [-0.39, 0.29) is 0 Å². The topological polar surface area (TPSA) is 9.23 Å². The molecule has 0 aliphatic rings. The lowest BCUT2D eigenvalue weighted by atomic mass is 10.1. The summed E-state index contributed by atoms with van der Waals surface area (Å²) in [6.07, 6.45) is 2.36. The second-order valence-electron chi connectivity index (χ2n) is 4.23. The third-order valence-corrected chi connectivity index (χ3v) is 5.50. The number of hydrogen-bond acceptors (Lipinski definition) is 2. The molecule has 0 unspecified atom stereocenters. The van der Waals surface area contributed by atoms with Gasteiger partial charge in [-0.3, -0.25) is 0 Å². The van der Waals surface area contributed by atoms with Crippen molar-refractivity contribution in [2.24, 2.45) is 0 Å². The van der Waals surface area contributed by atoms with Crippen molar-refractivity contribution in [3.63, 3.8) is 0 Å². The second-order valence-corrected chi connectivity index (χ2v) is 7.04. The van der Waals surface area contributed by atoms with Gasteiger partial charge in [-0.25, -0.2) is 0 Å². The van der Waals surface area contributed by atoms with Crippen LogP contribution in [0.4, 0.5) is 0 Å². The number of thioether (sulfide) groups is 1. The number of alkyl halides is 1. The molecule has 0 N–H and O–H groups in total. The van der Waals surface area contributed by atoms with E-state index in [2.05, 4.69) is 57.8 Å². The Kier molecular flexibility index (Phi) is 8.44. The van der Waals surface area contributed by atoms with E-state index in [0.29, 0.717) is 0 Å². The minimum Gasteiger partial charge on any atom is -0.494 e. The Balaban J connectivity index is 2.23. The summed E-state index contributed by atoms with van der Waals surface area (Å²) in [5.41, 5.74) is 2.47. The highest BCUT2D eigenvalue weighted by atomic mass is 79.9. The van der Waals surface area contributed by atoms with Gasteiger partial charge in [0.15, 0.2) is 0 Å². The van der Waals surface area contributed by atoms with E-state index in [1.165, 1.54) is 33.5 Å². The van der Waals surface area contributed by atoms with Crippen molar-refractivity contribution in [1.82, 2.24) is 0 Å². The Morgan fingerprint density at radius 2 is 1.72 bits per heavy atom. The molecule has 0 fully saturated rings. The fourth-order valence-electron chi connectivity index (χ4n) is 1.60. The quantitative estimate of drug-likeness (QED) is 0.433. The molecule has 18 heavy (non-hydrogen) atoms. The first-order valence-corrected chi connectivity index (χ1v) is 9.25. The van der Waals surface area contributed by atoms with E-state index in [9.17, 15) is 0 Å². The van der Waals surface area contributed by atoms with Gasteiger partial charge in [0, 0.05) is 9.80 Å². The lowest BCUT2D eigenvalue weighted by Crippen LogP contribution is -2.00. The summed E-state index contributed by atoms with van der Waals surface area (Å²) in [5.74, 6) is 3.40. The van der Waals surface area contributed by atoms with Gasteiger partial charge in [-0.1, -0.05) is 31.9 Å². The SMILES string of the molecule is Cc1cc(OCCCSCCCBr)cc(C)c1Br. The van der Waals surface area contributed by atoms with Crippen LogP contribution in [-0.2, 0) is 0 Å². The van der Waals surface area contributed by atoms with Gasteiger partial charge in [0.1, 0.15) is 5.75 Å². The molecule has 1 aromatic carbocycles. The Labute approximate surface area is 131 Å². The average molecular weight is 396 g/mol. The standard InChI is InChI=1S/C14H20Br2OS/c1-11-9-13(10-12(2)14(11)16)17-6-4-8-18-7-3-5-15/h9-10H,3-8H2,1-2H3. The zero-order valence-corrected chi connectivity index (χ0v) is 15.0. The van der Waals surface area contributed by atoms with E-state index >= 15 is 0 Å². The molecule has 0 saturated heterocycles. The summed E-state index contributed by atoms with van der Waals surface area (Å²) in [5, 5.41) is 1.11. The molecule has 0 bridgehead atoms. The van der Waals surface area contributed by atoms with Crippen molar-refractivity contribution in [2.45, 2.75) is 26.7 Å². The summed E-state index contributed by atoms with van der Waals surface area (Å²) in [7, 11) is 0. The van der Waals surface area contributed by atoms with Gasteiger partial charge < -0.3 is 4.74 Å². The Bertz CT molecular complexity index is 346. The van der Waals surface area contributed by atoms with Crippen LogP contribution in [0.25, 0.3) is 0 Å². The predicted molar refractivity (Wildman–Crippen MR) is 89.5 cm³/mol. The Morgan fingerprint density at radius 1 is 1.11 bits per heavy atom. The van der Waals surface area contributed by atoms with Gasteiger partial charge >= 0.3 is 0 Å². The van der Waals surface area contributed by atoms with Crippen LogP contribution in [0.15, 0.2) is 16.6 Å². The highest BCUT2D eigenvalue weighted by Gasteiger charge is 2.02. The molecule has 0 aliphatic carbocycles. The number of ether oxygens (including phenoxy) is 1. The summed E-state index contributed by atoms with van der Waals surface area (Å²) < 4.78 is 6.97. The fraction of sp³-hybridized carbons (Fsp3) is 0.571. The van der Waals surface area contributed by atoms with Crippen molar-refractivity contribution in [2.75, 3.05) is 23.4 Å². The number of rotatable bonds is 8. The van der Waals surface area contributed by atoms with Crippen LogP contribution in [-0.4, -0.2) is 23.4 Å². The highest BCUT2D eigenvalue weighted by molar-refractivity contribution is 9.10. The molecule has 0 amide bonds. The molecule has 4 heteroatoms. The number of hydrogen-bond donors (Lipinski definition) is 0. The third-order valence-electron chi connectivity index (χ3n) is 2.53. The predicted octanol–water partition coefficient (Wildman–Crippen LogP) is 5.35. The van der Waals surface area contributed by atoms with Crippen molar-refractivity contribution < 1.29 is 4.74 Å². The number of halogens is 2. The first-order valence-electron chi connectivity index (χ1n) is 6.18. The van der Waals surface area contributed by atoms with E-state index in [4.69, 9.17) is 4.74 Å². The molecule has 0 heterocycles. The number of aryl methyl sites for hydroxylation is 2. The monoisotopic (exact) mass is 394 g/mol. The molecule has 0 spiro atoms. The molecule has 102 valence electrons. The largest absolute Gasteiger partial charge is 0.494 e. The molecule has 0 aromatic heterocycles. The van der Waals surface area contributed by atoms with E-state index in [1.54, 1.807) is 0 Å². The zero-order chi connectivity index (χ0) is 13.4. The smallest absolute Gasteiger partial charge is 0.119 e. The van der Waals surface area contributed by atoms with Gasteiger partial charge in [-0.15, -0.1) is 0 Å². The van der Waals surface area contributed by atoms with Crippen LogP contribution in [0.1, 0.15) is 24.0 Å². The van der Waals surface area contributed by atoms with Crippen molar-refractivity contribution in [3.8, 4) is 5.75 Å². The maximum Gasteiger partial charge on any atom is 0.119 e. The van der Waals surface area contributed by atoms with Crippen LogP contribution in [0.5, 0.6) is 5.75 Å². The van der Waals surface area contributed by atoms with E-state index in [1.807, 2.05) is 11.8 Å². The Morgan fingerprint density at radius 3 is 2.33 bits per heavy atom. The molecule has 1 nitrogen and oxygen atoms in total. The molecular formula is C14H20Br2OS. The van der Waals surface area contributed by atoms with E-state index in [0.717, 1.165) is 24.1 Å². The fourth-order valence-corrected chi connectivity index (χ4v) is 3.35. The third kappa shape index (κ3) is 5.98. The summed E-state index contributed by atoms with van der Waals surface area (Å²) in [6, 6.07) is 4.18. The summed E-state index contributed by atoms with van der Waals surface area (Å²) in [4.78, 5) is 0. The van der Waals surface area contributed by atoms with Crippen LogP contribution in [0.2, 0.25) is 0 Å². The minimum absolute atomic E-state index is 0.807. The van der Waals surface area contributed by atoms with Crippen molar-refractivity contribution in [1.29, 1.82) is 0 Å². The molecule has 1 aromatic rings. The average Bonchev–Trinajstić information content (AvgIpc) is 2.34. The summed E-state index contributed by atoms with van der Waals surface area (Å²) in [6.45, 7) is 5.00. The van der Waals surface area contributed by atoms with Crippen molar-refractivity contribution in [3.05, 3.63) is 27.7 Å². The van der Waals surface area contributed by atoms with Crippen LogP contribution in [0.3, 0.4) is 0 Å². The van der Waals surface area contributed by atoms with E-state index < -0.39 is 0 Å². The number of benzene rings is 1. The summed E-state index contributed by atoms with van der Waals surface area (Å²) >= 11 is 9.01. The lowest BCUT2D eigenvalue weighted by Gasteiger charge is -2.10. The molecule has 0 aliphatic heterocycles. The minimum atomic E-state index is 0.807. The van der Waals surface area contributed by atoms with Gasteiger partial charge in [-0.2, -0.15) is 11.8 Å². The molecular weight excluding hydrogens is 376 g/mol. The lowest BCUT2D eigenvalue weighted by molar-refractivity contribution is 0.318. The normalized spacial score (nSPS) is 10.7. The van der Waals surface area contributed by atoms with Crippen LogP contribution >= 0.6 is 43.6 Å².